The molecule has 1 atom stereocenters. The van der Waals surface area contributed by atoms with Crippen molar-refractivity contribution >= 4 is 17.8 Å². The van der Waals surface area contributed by atoms with Gasteiger partial charge in [0.15, 0.2) is 0 Å². The fourth-order valence-electron chi connectivity index (χ4n) is 1.09. The minimum absolute atomic E-state index is 0.0455. The summed E-state index contributed by atoms with van der Waals surface area (Å²) in [4.78, 5) is 11.1. The van der Waals surface area contributed by atoms with Crippen molar-refractivity contribution in [2.45, 2.75) is 31.6 Å². The van der Waals surface area contributed by atoms with Crippen molar-refractivity contribution in [3.63, 3.8) is 0 Å². The van der Waals surface area contributed by atoms with Crippen LogP contribution in [-0.4, -0.2) is 29.1 Å². The zero-order valence-corrected chi connectivity index (χ0v) is 8.62. The molecule has 0 radical (unpaired) electrons. The highest BCUT2D eigenvalue weighted by Gasteiger charge is 2.40. The summed E-state index contributed by atoms with van der Waals surface area (Å²) in [7, 11) is 0. The Kier molecular flexibility index (Phi) is 2.88. The molecule has 70 valence electrons. The summed E-state index contributed by atoms with van der Waals surface area (Å²) in [5, 5.41) is 5.66. The van der Waals surface area contributed by atoms with Gasteiger partial charge in [0.05, 0.1) is 6.04 Å². The van der Waals surface area contributed by atoms with Gasteiger partial charge in [-0.3, -0.25) is 0 Å². The summed E-state index contributed by atoms with van der Waals surface area (Å²) in [6.07, 6.45) is 0. The first-order valence-corrected chi connectivity index (χ1v) is 5.23. The van der Waals surface area contributed by atoms with E-state index in [4.69, 9.17) is 0 Å². The first kappa shape index (κ1) is 9.71. The third-order valence-corrected chi connectivity index (χ3v) is 3.63. The summed E-state index contributed by atoms with van der Waals surface area (Å²) in [5.41, 5.74) is 0. The lowest BCUT2D eigenvalue weighted by Crippen LogP contribution is -2.58. The number of nitrogens with one attached hydrogen (secondary N) is 2. The molecule has 1 saturated heterocycles. The van der Waals surface area contributed by atoms with Crippen LogP contribution in [-0.2, 0) is 0 Å². The molecule has 1 aliphatic rings. The number of thioether (sulfide) groups is 1. The largest absolute Gasteiger partial charge is 0.338 e. The van der Waals surface area contributed by atoms with Crippen LogP contribution in [0.15, 0.2) is 0 Å². The van der Waals surface area contributed by atoms with E-state index in [1.54, 1.807) is 0 Å². The molecular formula is C8H16N2OS. The van der Waals surface area contributed by atoms with Crippen molar-refractivity contribution in [1.82, 2.24) is 10.6 Å². The molecule has 0 aromatic rings. The molecule has 0 aromatic carbocycles. The van der Waals surface area contributed by atoms with E-state index in [0.29, 0.717) is 12.6 Å². The molecule has 1 heterocycles. The lowest BCUT2D eigenvalue weighted by Gasteiger charge is -2.43. The molecule has 12 heavy (non-hydrogen) atoms. The minimum atomic E-state index is -0.0455. The first-order chi connectivity index (χ1) is 5.56. The number of carbonyl (C=O) groups is 1. The monoisotopic (exact) mass is 188 g/mol. The fourth-order valence-corrected chi connectivity index (χ4v) is 2.23. The SMILES string of the molecule is CCNC(=O)NC1CSC1(C)C. The number of carbonyl (C=O) groups excluding carboxylic acids is 1. The van der Waals surface area contributed by atoms with Gasteiger partial charge in [-0.1, -0.05) is 0 Å². The molecular weight excluding hydrogens is 172 g/mol. The number of rotatable bonds is 2. The van der Waals surface area contributed by atoms with Crippen LogP contribution in [0.5, 0.6) is 0 Å². The first-order valence-electron chi connectivity index (χ1n) is 4.24. The van der Waals surface area contributed by atoms with E-state index in [9.17, 15) is 4.79 Å². The Morgan fingerprint density at radius 1 is 1.67 bits per heavy atom. The van der Waals surface area contributed by atoms with Crippen molar-refractivity contribution in [3.8, 4) is 0 Å². The summed E-state index contributed by atoms with van der Waals surface area (Å²) < 4.78 is 0.213. The molecule has 4 heteroatoms. The van der Waals surface area contributed by atoms with Gasteiger partial charge in [-0.15, -0.1) is 0 Å². The van der Waals surface area contributed by atoms with Crippen molar-refractivity contribution in [2.24, 2.45) is 0 Å². The predicted molar refractivity (Wildman–Crippen MR) is 52.5 cm³/mol. The van der Waals surface area contributed by atoms with Crippen LogP contribution >= 0.6 is 11.8 Å². The molecule has 3 nitrogen and oxygen atoms in total. The Morgan fingerprint density at radius 2 is 2.33 bits per heavy atom. The number of hydrogen-bond acceptors (Lipinski definition) is 2. The highest BCUT2D eigenvalue weighted by molar-refractivity contribution is 8.02. The summed E-state index contributed by atoms with van der Waals surface area (Å²) >= 11 is 1.89. The summed E-state index contributed by atoms with van der Waals surface area (Å²) in [6, 6.07) is 0.282. The molecule has 2 amide bonds. The maximum Gasteiger partial charge on any atom is 0.315 e. The molecule has 0 aliphatic carbocycles. The van der Waals surface area contributed by atoms with Crippen LogP contribution in [0.2, 0.25) is 0 Å². The van der Waals surface area contributed by atoms with Gasteiger partial charge in [-0.25, -0.2) is 4.79 Å². The Bertz CT molecular complexity index is 182. The molecule has 0 aromatic heterocycles. The summed E-state index contributed by atoms with van der Waals surface area (Å²) in [5.74, 6) is 1.03. The van der Waals surface area contributed by atoms with Gasteiger partial charge in [0.1, 0.15) is 0 Å². The zero-order valence-electron chi connectivity index (χ0n) is 7.81. The van der Waals surface area contributed by atoms with Crippen LogP contribution in [0.25, 0.3) is 0 Å². The fraction of sp³-hybridized carbons (Fsp3) is 0.875. The highest BCUT2D eigenvalue weighted by atomic mass is 32.2. The van der Waals surface area contributed by atoms with Crippen LogP contribution in [0.3, 0.4) is 0 Å². The molecule has 2 N–H and O–H groups in total. The quantitative estimate of drug-likeness (QED) is 0.683. The number of hydrogen-bond donors (Lipinski definition) is 2. The van der Waals surface area contributed by atoms with Crippen LogP contribution in [0, 0.1) is 0 Å². The van der Waals surface area contributed by atoms with E-state index in [1.165, 1.54) is 0 Å². The van der Waals surface area contributed by atoms with E-state index in [-0.39, 0.29) is 10.8 Å². The minimum Gasteiger partial charge on any atom is -0.338 e. The topological polar surface area (TPSA) is 41.1 Å². The standard InChI is InChI=1S/C8H16N2OS/c1-4-9-7(11)10-6-5-12-8(6,2)3/h6H,4-5H2,1-3H3,(H2,9,10,11). The maximum absolute atomic E-state index is 11.1. The number of amides is 2. The Hall–Kier alpha value is -0.380. The van der Waals surface area contributed by atoms with Gasteiger partial charge in [0, 0.05) is 17.0 Å². The third kappa shape index (κ3) is 2.06. The van der Waals surface area contributed by atoms with Gasteiger partial charge in [0.25, 0.3) is 0 Å². The van der Waals surface area contributed by atoms with Crippen molar-refractivity contribution < 1.29 is 4.79 Å². The molecule has 1 unspecified atom stereocenters. The molecule has 1 fully saturated rings. The highest BCUT2D eigenvalue weighted by Crippen LogP contribution is 2.39. The van der Waals surface area contributed by atoms with E-state index < -0.39 is 0 Å². The molecule has 1 rings (SSSR count). The van der Waals surface area contributed by atoms with Gasteiger partial charge >= 0.3 is 6.03 Å². The van der Waals surface area contributed by atoms with Crippen LogP contribution < -0.4 is 10.6 Å². The molecule has 1 aliphatic heterocycles. The smallest absolute Gasteiger partial charge is 0.315 e. The third-order valence-electron chi connectivity index (χ3n) is 2.10. The molecule has 0 saturated carbocycles. The van der Waals surface area contributed by atoms with E-state index >= 15 is 0 Å². The second-order valence-corrected chi connectivity index (χ2v) is 5.15. The number of urea groups is 1. The molecule has 0 spiro atoms. The van der Waals surface area contributed by atoms with E-state index in [0.717, 1.165) is 5.75 Å². The average molecular weight is 188 g/mol. The van der Waals surface area contributed by atoms with Gasteiger partial charge in [0.2, 0.25) is 0 Å². The van der Waals surface area contributed by atoms with Gasteiger partial charge in [-0.2, -0.15) is 11.8 Å². The van der Waals surface area contributed by atoms with Gasteiger partial charge < -0.3 is 10.6 Å². The van der Waals surface area contributed by atoms with Crippen LogP contribution in [0.4, 0.5) is 4.79 Å². The van der Waals surface area contributed by atoms with Crippen LogP contribution in [0.1, 0.15) is 20.8 Å². The van der Waals surface area contributed by atoms with Gasteiger partial charge in [-0.05, 0) is 20.8 Å². The van der Waals surface area contributed by atoms with Crippen molar-refractivity contribution in [3.05, 3.63) is 0 Å². The Balaban J connectivity index is 2.28. The second kappa shape index (κ2) is 3.56. The van der Waals surface area contributed by atoms with Crippen molar-refractivity contribution in [2.75, 3.05) is 12.3 Å². The Morgan fingerprint density at radius 3 is 2.67 bits per heavy atom. The maximum atomic E-state index is 11.1. The van der Waals surface area contributed by atoms with E-state index in [2.05, 4.69) is 24.5 Å². The lowest BCUT2D eigenvalue weighted by molar-refractivity contribution is 0.235. The molecule has 0 bridgehead atoms. The predicted octanol–water partition coefficient (Wildman–Crippen LogP) is 1.20. The zero-order chi connectivity index (χ0) is 9.19. The summed E-state index contributed by atoms with van der Waals surface area (Å²) in [6.45, 7) is 6.91. The Labute approximate surface area is 77.7 Å². The normalized spacial score (nSPS) is 25.8. The lowest BCUT2D eigenvalue weighted by atomic mass is 10.0. The van der Waals surface area contributed by atoms with Crippen molar-refractivity contribution in [1.29, 1.82) is 0 Å². The second-order valence-electron chi connectivity index (χ2n) is 3.47. The average Bonchev–Trinajstić information content (AvgIpc) is 1.99. The van der Waals surface area contributed by atoms with E-state index in [1.807, 2.05) is 18.7 Å².